The number of hydrogen-bond acceptors (Lipinski definition) is 5. The van der Waals surface area contributed by atoms with Crippen molar-refractivity contribution in [2.75, 3.05) is 5.73 Å². The summed E-state index contributed by atoms with van der Waals surface area (Å²) in [6, 6.07) is 1.27. The summed E-state index contributed by atoms with van der Waals surface area (Å²) in [6.07, 6.45) is -0.0345. The second-order valence-corrected chi connectivity index (χ2v) is 3.41. The molecule has 0 unspecified atom stereocenters. The van der Waals surface area contributed by atoms with Crippen LogP contribution in [0.25, 0.3) is 0 Å². The minimum atomic E-state index is -1.50. The van der Waals surface area contributed by atoms with Crippen LogP contribution in [0, 0.1) is 27.6 Å². The maximum atomic E-state index is 13.2. The molecule has 0 amide bonds. The lowest BCUT2D eigenvalue weighted by atomic mass is 10.1. The third-order valence-corrected chi connectivity index (χ3v) is 2.00. The molecule has 0 aliphatic heterocycles. The average Bonchev–Trinajstić information content (AvgIpc) is 2.71. The average molecular weight is 291 g/mol. The minimum absolute atomic E-state index is 0.0120. The Kier molecular flexibility index (Phi) is 4.83. The van der Waals surface area contributed by atoms with E-state index in [1.54, 1.807) is 0 Å². The Bertz CT molecular complexity index is 615. The SMILES string of the molecule is Nc1n[nH]c(Cc2cc(F)c(F)cc2F)n1.O=[N+]([O-])O. The molecule has 0 fully saturated rings. The van der Waals surface area contributed by atoms with Gasteiger partial charge in [0.05, 0.1) is 0 Å². The van der Waals surface area contributed by atoms with Gasteiger partial charge in [-0.05, 0) is 11.6 Å². The lowest BCUT2D eigenvalue weighted by Gasteiger charge is -2.01. The van der Waals surface area contributed by atoms with Crippen molar-refractivity contribution >= 4 is 5.95 Å². The van der Waals surface area contributed by atoms with Gasteiger partial charge in [0, 0.05) is 12.5 Å². The highest BCUT2D eigenvalue weighted by molar-refractivity contribution is 5.24. The third-order valence-electron chi connectivity index (χ3n) is 2.00. The molecule has 0 spiro atoms. The first-order valence-corrected chi connectivity index (χ1v) is 4.93. The molecule has 0 atom stereocenters. The molecule has 0 aliphatic carbocycles. The topological polar surface area (TPSA) is 131 Å². The molecular weight excluding hydrogens is 283 g/mol. The van der Waals surface area contributed by atoms with E-state index in [2.05, 4.69) is 15.2 Å². The Morgan fingerprint density at radius 3 is 2.35 bits per heavy atom. The van der Waals surface area contributed by atoms with E-state index in [4.69, 9.17) is 21.1 Å². The minimum Gasteiger partial charge on any atom is -0.367 e. The Hall–Kier alpha value is -2.85. The fraction of sp³-hybridized carbons (Fsp3) is 0.111. The van der Waals surface area contributed by atoms with Gasteiger partial charge in [-0.3, -0.25) is 5.10 Å². The smallest absolute Gasteiger partial charge is 0.291 e. The summed E-state index contributed by atoms with van der Waals surface area (Å²) in [5, 5.41) is 19.6. The number of aromatic amines is 1. The quantitative estimate of drug-likeness (QED) is 0.430. The Labute approximate surface area is 109 Å². The standard InChI is InChI=1S/C9H7F3N4.HNO3/c10-5-3-7(12)6(11)1-4(5)2-8-14-9(13)16-15-8;2-1(3)4/h1,3H,2H2,(H3,13,14,15,16);(H,2,3,4). The van der Waals surface area contributed by atoms with E-state index >= 15 is 0 Å². The molecule has 8 nitrogen and oxygen atoms in total. The van der Waals surface area contributed by atoms with Crippen LogP contribution in [0.1, 0.15) is 11.4 Å². The summed E-state index contributed by atoms with van der Waals surface area (Å²) >= 11 is 0. The molecule has 2 aromatic rings. The molecule has 0 aliphatic rings. The molecule has 1 aromatic heterocycles. The van der Waals surface area contributed by atoms with E-state index in [0.717, 1.165) is 6.07 Å². The first-order chi connectivity index (χ1) is 9.29. The number of aromatic nitrogens is 3. The summed E-state index contributed by atoms with van der Waals surface area (Å²) in [5.74, 6) is -2.88. The van der Waals surface area contributed by atoms with Gasteiger partial charge in [-0.15, -0.1) is 15.2 Å². The number of H-pyrrole nitrogens is 1. The van der Waals surface area contributed by atoms with Crippen LogP contribution in [-0.2, 0) is 6.42 Å². The highest BCUT2D eigenvalue weighted by atomic mass is 19.2. The zero-order valence-electron chi connectivity index (χ0n) is 9.68. The molecule has 0 bridgehead atoms. The molecule has 20 heavy (non-hydrogen) atoms. The van der Waals surface area contributed by atoms with Crippen molar-refractivity contribution in [2.24, 2.45) is 0 Å². The van der Waals surface area contributed by atoms with Gasteiger partial charge in [-0.2, -0.15) is 4.98 Å². The van der Waals surface area contributed by atoms with Gasteiger partial charge in [0.25, 0.3) is 5.09 Å². The van der Waals surface area contributed by atoms with Crippen LogP contribution in [0.4, 0.5) is 19.1 Å². The number of nitrogens with one attached hydrogen (secondary N) is 1. The number of nitrogens with two attached hydrogens (primary N) is 1. The predicted octanol–water partition coefficient (Wildman–Crippen LogP) is 1.05. The molecule has 0 saturated carbocycles. The highest BCUT2D eigenvalue weighted by Gasteiger charge is 2.11. The molecule has 108 valence electrons. The van der Waals surface area contributed by atoms with Gasteiger partial charge in [0.1, 0.15) is 11.6 Å². The van der Waals surface area contributed by atoms with Crippen LogP contribution < -0.4 is 5.73 Å². The fourth-order valence-corrected chi connectivity index (χ4v) is 1.27. The van der Waals surface area contributed by atoms with E-state index < -0.39 is 22.5 Å². The van der Waals surface area contributed by atoms with Gasteiger partial charge >= 0.3 is 0 Å². The van der Waals surface area contributed by atoms with E-state index in [1.165, 1.54) is 0 Å². The summed E-state index contributed by atoms with van der Waals surface area (Å²) in [7, 11) is 0. The Morgan fingerprint density at radius 2 is 1.85 bits per heavy atom. The van der Waals surface area contributed by atoms with Crippen molar-refractivity contribution in [3.05, 3.63) is 51.1 Å². The molecule has 11 heteroatoms. The van der Waals surface area contributed by atoms with Crippen LogP contribution in [0.5, 0.6) is 0 Å². The van der Waals surface area contributed by atoms with Gasteiger partial charge < -0.3 is 10.9 Å². The van der Waals surface area contributed by atoms with Gasteiger partial charge in [-0.1, -0.05) is 0 Å². The van der Waals surface area contributed by atoms with Crippen LogP contribution >= 0.6 is 0 Å². The van der Waals surface area contributed by atoms with E-state index in [9.17, 15) is 13.2 Å². The van der Waals surface area contributed by atoms with Crippen molar-refractivity contribution in [1.82, 2.24) is 15.2 Å². The van der Waals surface area contributed by atoms with E-state index in [-0.39, 0.29) is 23.8 Å². The van der Waals surface area contributed by atoms with E-state index in [1.807, 2.05) is 0 Å². The number of nitrogen functional groups attached to an aromatic ring is 1. The molecular formula is C9H8F3N5O3. The van der Waals surface area contributed by atoms with Crippen molar-refractivity contribution in [2.45, 2.75) is 6.42 Å². The second kappa shape index (κ2) is 6.36. The molecule has 0 radical (unpaired) electrons. The van der Waals surface area contributed by atoms with Crippen molar-refractivity contribution in [3.8, 4) is 0 Å². The molecule has 2 rings (SSSR count). The number of nitrogens with zero attached hydrogens (tertiary/aromatic N) is 3. The summed E-state index contributed by atoms with van der Waals surface area (Å²) in [5.41, 5.74) is 5.22. The number of halogens is 3. The van der Waals surface area contributed by atoms with Crippen molar-refractivity contribution < 1.29 is 23.5 Å². The lowest BCUT2D eigenvalue weighted by molar-refractivity contribution is -0.742. The van der Waals surface area contributed by atoms with Crippen LogP contribution in [-0.4, -0.2) is 25.5 Å². The van der Waals surface area contributed by atoms with Crippen LogP contribution in [0.15, 0.2) is 12.1 Å². The summed E-state index contributed by atoms with van der Waals surface area (Å²) in [4.78, 5) is 12.1. The molecule has 0 saturated heterocycles. The van der Waals surface area contributed by atoms with E-state index in [0.29, 0.717) is 6.07 Å². The molecule has 1 heterocycles. The van der Waals surface area contributed by atoms with Gasteiger partial charge in [-0.25, -0.2) is 13.2 Å². The first kappa shape index (κ1) is 15.2. The number of rotatable bonds is 2. The molecule has 1 aromatic carbocycles. The fourth-order valence-electron chi connectivity index (χ4n) is 1.27. The second-order valence-electron chi connectivity index (χ2n) is 3.41. The van der Waals surface area contributed by atoms with Crippen LogP contribution in [0.3, 0.4) is 0 Å². The zero-order valence-corrected chi connectivity index (χ0v) is 9.68. The predicted molar refractivity (Wildman–Crippen MR) is 58.7 cm³/mol. The molecule has 4 N–H and O–H groups in total. The van der Waals surface area contributed by atoms with Crippen molar-refractivity contribution in [3.63, 3.8) is 0 Å². The van der Waals surface area contributed by atoms with Crippen LogP contribution in [0.2, 0.25) is 0 Å². The first-order valence-electron chi connectivity index (χ1n) is 4.93. The number of benzene rings is 1. The highest BCUT2D eigenvalue weighted by Crippen LogP contribution is 2.16. The monoisotopic (exact) mass is 291 g/mol. The van der Waals surface area contributed by atoms with Gasteiger partial charge in [0.2, 0.25) is 5.95 Å². The third kappa shape index (κ3) is 4.44. The van der Waals surface area contributed by atoms with Gasteiger partial charge in [0.15, 0.2) is 11.6 Å². The number of hydrogen-bond donors (Lipinski definition) is 3. The lowest BCUT2D eigenvalue weighted by Crippen LogP contribution is -1.98. The normalized spacial score (nSPS) is 9.75. The maximum Gasteiger partial charge on any atom is 0.291 e. The Balaban J connectivity index is 0.000000444. The zero-order chi connectivity index (χ0) is 15.3. The maximum absolute atomic E-state index is 13.2. The number of anilines is 1. The Morgan fingerprint density at radius 1 is 1.30 bits per heavy atom. The van der Waals surface area contributed by atoms with Crippen molar-refractivity contribution in [1.29, 1.82) is 0 Å². The summed E-state index contributed by atoms with van der Waals surface area (Å²) in [6.45, 7) is 0. The largest absolute Gasteiger partial charge is 0.367 e. The summed E-state index contributed by atoms with van der Waals surface area (Å²) < 4.78 is 38.7.